The molecule has 2 aromatic heterocycles. The Kier molecular flexibility index (Phi) is 47.8. The average Bonchev–Trinajstić information content (AvgIpc) is 1.16. The van der Waals surface area contributed by atoms with E-state index < -0.39 is 248 Å². The number of aromatic nitrogens is 3. The van der Waals surface area contributed by atoms with E-state index >= 15 is 9.59 Å². The lowest BCUT2D eigenvalue weighted by atomic mass is 10.0. The summed E-state index contributed by atoms with van der Waals surface area (Å²) in [6, 6.07) is 6.66. The topological polar surface area (TPSA) is 692 Å². The number of rotatable bonds is 49. The summed E-state index contributed by atoms with van der Waals surface area (Å²) in [6.07, 6.45) is 2.81. The first kappa shape index (κ1) is 113. The summed E-state index contributed by atoms with van der Waals surface area (Å²) in [5.74, 6) is -19.2. The fourth-order valence-electron chi connectivity index (χ4n) is 16.6. The SMILES string of the molecule is CNC(=O)[C@H](Cc1cnc[nH]1)NC(=O)/C(=C\c1c[nH]c2ccccc12)NC(=S)Nc1ccc(C[C@@H](CN(CCNC(=O)CC[C@@H](C(=O)O)N2CCN(CC(=O)O)CCN(CC(=O)O)CCN(CC(=O)O)CC2)C(=O)CC[C@@H](C(=O)O)N2CCN(CC(=O)O)CCN(CC(=O)O)CCN(CC(=O)O)CC2)NC(=O)CC[C@@H](C(=O)O)N2CCN(CC(=O)O)CCN(CC(=O)O)CCN(CC(=O)O)CC2)cc1. The highest BCUT2D eigenvalue weighted by molar-refractivity contribution is 7.80. The highest BCUT2D eigenvalue weighted by atomic mass is 32.1. The standard InChI is InChI=1S/C87H128N22O29S/c1-88-82(131)66(44-61-46-89-57-92-61)95-83(132)65(43-59-45-91-64-5-3-2-4-63(59)64)96-87(139)94-60-8-6-58(7-9-60)42-62(93-71(111)14-11-68(85(135)136)107-38-32-102(53-78(123)124)26-20-98(49-74(115)116)21-27-103(33-39-107)54-79(125)126)47-109(72(112)15-12-69(86(137)138)108-40-34-104(55-80(127)128)28-22-99(50-75(117)118)23-29-105(35-41-108)56-81(129)130)17-16-90-70(110)13-10-67(84(133)134)106-36-30-100(51-76(119)120)24-18-97(48-73(113)114)19-25-101(31-37-106)52-77(121)122/h2-9,43,45-46,57,62,66-69,91H,10-42,44,47-56H2,1H3,(H,88,131)(H,89,92)(H,90,110)(H,93,111)(H,95,132)(H,113,114)(H,115,116)(H,117,118)(H,119,120)(H,121,122)(H,123,124)(H,125,126)(H,127,128)(H,129,130)(H,133,134)(H,135,136)(H,137,138)(H2,94,96,139)/b65-43+/t62-,66-,67-,68-,69-/m0/s1. The molecule has 5 heterocycles. The Morgan fingerprint density at radius 1 is 0.439 bits per heavy atom. The molecule has 139 heavy (non-hydrogen) atoms. The second-order valence-corrected chi connectivity index (χ2v) is 34.4. The summed E-state index contributed by atoms with van der Waals surface area (Å²) in [4.78, 5) is 252. The maximum absolute atomic E-state index is 15.6. The Morgan fingerprint density at radius 2 is 0.799 bits per heavy atom. The van der Waals surface area contributed by atoms with E-state index in [9.17, 15) is 133 Å². The highest BCUT2D eigenvalue weighted by Crippen LogP contribution is 2.23. The number of hydrogen-bond acceptors (Lipinski definition) is 31. The fraction of sp³-hybridized carbons (Fsp3) is 0.575. The van der Waals surface area contributed by atoms with Crippen LogP contribution >= 0.6 is 12.2 Å². The molecule has 0 unspecified atom stereocenters. The number of likely N-dealkylation sites (N-methyl/N-ethyl adjacent to an activating group) is 1. The third kappa shape index (κ3) is 42.6. The number of aliphatic carboxylic acids is 12. The number of benzene rings is 2. The van der Waals surface area contributed by atoms with Crippen molar-refractivity contribution in [1.82, 2.24) is 105 Å². The minimum absolute atomic E-state index is 0.00218. The molecule has 2 aromatic carbocycles. The molecule has 5 amide bonds. The van der Waals surface area contributed by atoms with E-state index in [0.29, 0.717) is 22.5 Å². The van der Waals surface area contributed by atoms with Gasteiger partial charge in [0.1, 0.15) is 29.9 Å². The quantitative estimate of drug-likeness (QED) is 0.0145. The van der Waals surface area contributed by atoms with Gasteiger partial charge >= 0.3 is 71.6 Å². The second kappa shape index (κ2) is 58.8. The zero-order chi connectivity index (χ0) is 102. The second-order valence-electron chi connectivity index (χ2n) is 34.0. The molecule has 0 radical (unpaired) electrons. The van der Waals surface area contributed by atoms with E-state index in [4.69, 9.17) is 12.2 Å². The Labute approximate surface area is 805 Å². The van der Waals surface area contributed by atoms with Gasteiger partial charge in [0, 0.05) is 250 Å². The van der Waals surface area contributed by atoms with Crippen molar-refractivity contribution < 1.29 is 143 Å². The monoisotopic (exact) mass is 1980 g/mol. The largest absolute Gasteiger partial charge is 0.480 e. The van der Waals surface area contributed by atoms with Crippen LogP contribution in [0.5, 0.6) is 0 Å². The summed E-state index contributed by atoms with van der Waals surface area (Å²) >= 11 is 5.84. The van der Waals surface area contributed by atoms with Gasteiger partial charge in [-0.3, -0.25) is 140 Å². The van der Waals surface area contributed by atoms with Gasteiger partial charge in [0.15, 0.2) is 5.11 Å². The number of hydrogen-bond donors (Lipinski definition) is 20. The van der Waals surface area contributed by atoms with Crippen LogP contribution in [0.2, 0.25) is 0 Å². The number of nitrogens with one attached hydrogen (secondary N) is 8. The van der Waals surface area contributed by atoms with Gasteiger partial charge in [-0.1, -0.05) is 30.3 Å². The van der Waals surface area contributed by atoms with E-state index in [1.54, 1.807) is 36.5 Å². The number of carbonyl (C=O) groups excluding carboxylic acids is 5. The van der Waals surface area contributed by atoms with Gasteiger partial charge in [-0.25, -0.2) is 4.98 Å². The average molecular weight is 1980 g/mol. The first-order chi connectivity index (χ1) is 66.1. The van der Waals surface area contributed by atoms with Crippen LogP contribution in [0, 0.1) is 0 Å². The van der Waals surface area contributed by atoms with Crippen LogP contribution in [-0.4, -0.2) is 519 Å². The molecule has 766 valence electrons. The van der Waals surface area contributed by atoms with Crippen LogP contribution < -0.4 is 31.9 Å². The molecule has 3 saturated heterocycles. The van der Waals surface area contributed by atoms with E-state index in [1.807, 2.05) is 18.2 Å². The number of imidazole rings is 1. The molecule has 0 spiro atoms. The van der Waals surface area contributed by atoms with Gasteiger partial charge in [-0.2, -0.15) is 0 Å². The van der Waals surface area contributed by atoms with Crippen molar-refractivity contribution in [1.29, 1.82) is 0 Å². The predicted molar refractivity (Wildman–Crippen MR) is 499 cm³/mol. The number of nitrogens with zero attached hydrogens (tertiary/aromatic N) is 14. The van der Waals surface area contributed by atoms with Gasteiger partial charge in [0.25, 0.3) is 5.91 Å². The zero-order valence-corrected chi connectivity index (χ0v) is 78.2. The number of carboxylic acids is 12. The van der Waals surface area contributed by atoms with Crippen LogP contribution in [0.25, 0.3) is 17.0 Å². The minimum atomic E-state index is -1.58. The summed E-state index contributed by atoms with van der Waals surface area (Å²) < 4.78 is 0. The Balaban J connectivity index is 1.26. The number of para-hydroxylation sites is 1. The van der Waals surface area contributed by atoms with Gasteiger partial charge in [-0.15, -0.1) is 0 Å². The Bertz CT molecular complexity index is 4750. The van der Waals surface area contributed by atoms with Crippen LogP contribution in [0.15, 0.2) is 72.9 Å². The number of carbonyl (C=O) groups is 17. The molecular formula is C87H128N22O29S. The molecule has 0 aliphatic carbocycles. The van der Waals surface area contributed by atoms with Crippen LogP contribution in [0.3, 0.4) is 0 Å². The lowest BCUT2D eigenvalue weighted by Crippen LogP contribution is -2.52. The lowest BCUT2D eigenvalue weighted by Gasteiger charge is -2.35. The number of anilines is 1. The van der Waals surface area contributed by atoms with Gasteiger partial charge in [-0.05, 0) is 67.7 Å². The van der Waals surface area contributed by atoms with Crippen LogP contribution in [0.4, 0.5) is 5.69 Å². The predicted octanol–water partition coefficient (Wildman–Crippen LogP) is -5.21. The first-order valence-electron chi connectivity index (χ1n) is 45.3. The number of aromatic amines is 2. The maximum atomic E-state index is 15.6. The van der Waals surface area contributed by atoms with Crippen LogP contribution in [-0.2, 0) is 94.3 Å². The van der Waals surface area contributed by atoms with E-state index in [-0.39, 0.29) is 181 Å². The smallest absolute Gasteiger partial charge is 0.320 e. The van der Waals surface area contributed by atoms with Gasteiger partial charge in [0.05, 0.1) is 71.3 Å². The number of H-pyrrole nitrogens is 2. The molecule has 3 aliphatic heterocycles. The Hall–Kier alpha value is -12.9. The van der Waals surface area contributed by atoms with E-state index in [2.05, 4.69) is 46.9 Å². The Morgan fingerprint density at radius 3 is 1.15 bits per heavy atom. The van der Waals surface area contributed by atoms with Gasteiger partial charge in [0.2, 0.25) is 23.6 Å². The number of amides is 5. The van der Waals surface area contributed by atoms with E-state index in [1.165, 1.54) is 89.3 Å². The third-order valence-electron chi connectivity index (χ3n) is 23.8. The lowest BCUT2D eigenvalue weighted by molar-refractivity contribution is -0.146. The summed E-state index contributed by atoms with van der Waals surface area (Å²) in [7, 11) is 1.40. The molecule has 3 fully saturated rings. The van der Waals surface area contributed by atoms with Crippen molar-refractivity contribution in [3.8, 4) is 0 Å². The number of carboxylic acid groups (broad SMARTS) is 12. The summed E-state index contributed by atoms with van der Waals surface area (Å²) in [6.45, 7) is -7.65. The molecule has 0 bridgehead atoms. The van der Waals surface area contributed by atoms with Crippen molar-refractivity contribution in [2.24, 2.45) is 0 Å². The molecule has 51 nitrogen and oxygen atoms in total. The molecule has 3 aliphatic rings. The van der Waals surface area contributed by atoms with Crippen molar-refractivity contribution in [2.75, 3.05) is 248 Å². The minimum Gasteiger partial charge on any atom is -0.480 e. The summed E-state index contributed by atoms with van der Waals surface area (Å²) in [5, 5.41) is 140. The first-order valence-corrected chi connectivity index (χ1v) is 45.7. The van der Waals surface area contributed by atoms with Crippen molar-refractivity contribution in [2.45, 2.75) is 81.6 Å². The molecule has 0 saturated carbocycles. The molecule has 4 aromatic rings. The number of fused-ring (bicyclic) bond motifs is 1. The normalized spacial score (nSPS) is 17.7. The molecule has 7 rings (SSSR count). The molecule has 20 N–H and O–H groups in total. The highest BCUT2D eigenvalue weighted by Gasteiger charge is 2.36. The fourth-order valence-corrected chi connectivity index (χ4v) is 16.8. The van der Waals surface area contributed by atoms with Crippen molar-refractivity contribution >= 4 is 141 Å². The molecule has 5 atom stereocenters. The van der Waals surface area contributed by atoms with Crippen LogP contribution in [0.1, 0.15) is 55.3 Å². The summed E-state index contributed by atoms with van der Waals surface area (Å²) in [5.41, 5.74) is 2.44. The maximum Gasteiger partial charge on any atom is 0.320 e. The van der Waals surface area contributed by atoms with Crippen molar-refractivity contribution in [3.63, 3.8) is 0 Å². The van der Waals surface area contributed by atoms with E-state index in [0.717, 1.165) is 10.9 Å². The van der Waals surface area contributed by atoms with Crippen molar-refractivity contribution in [3.05, 3.63) is 89.8 Å². The molecular weight excluding hydrogens is 1850 g/mol. The third-order valence-corrected chi connectivity index (χ3v) is 24.0. The van der Waals surface area contributed by atoms with Gasteiger partial charge < -0.3 is 108 Å². The molecule has 52 heteroatoms. The number of thiocarbonyl (C=S) groups is 1. The zero-order valence-electron chi connectivity index (χ0n) is 77.4.